The van der Waals surface area contributed by atoms with Crippen LogP contribution in [0.25, 0.3) is 10.4 Å². The summed E-state index contributed by atoms with van der Waals surface area (Å²) in [5.41, 5.74) is 1.49. The summed E-state index contributed by atoms with van der Waals surface area (Å²) in [6.45, 7) is 0.370. The Morgan fingerprint density at radius 2 is 2.19 bits per heavy atom. The number of hydrogen-bond acceptors (Lipinski definition) is 4. The van der Waals surface area contributed by atoms with Crippen LogP contribution in [0.4, 0.5) is 0 Å². The molecule has 108 valence electrons. The average molecular weight is 300 g/mol. The standard InChI is InChI=1S/C15H12N2O2S.CH4/c18-15(17-10-13-3-1-5-19-13)12-7-11(8-16-9-12)14-4-2-6-20-14;/h1-9H,10H2,(H,17,18);1H4. The minimum atomic E-state index is -0.160. The number of furan rings is 1. The molecule has 0 radical (unpaired) electrons. The van der Waals surface area contributed by atoms with Crippen molar-refractivity contribution >= 4 is 17.2 Å². The van der Waals surface area contributed by atoms with E-state index in [1.54, 1.807) is 36.1 Å². The number of amides is 1. The first-order valence-corrected chi connectivity index (χ1v) is 7.00. The zero-order valence-electron chi connectivity index (χ0n) is 10.6. The zero-order valence-corrected chi connectivity index (χ0v) is 11.4. The number of hydrogen-bond donors (Lipinski definition) is 1. The summed E-state index contributed by atoms with van der Waals surface area (Å²) in [5, 5.41) is 4.80. The van der Waals surface area contributed by atoms with Gasteiger partial charge in [-0.05, 0) is 29.6 Å². The first-order valence-electron chi connectivity index (χ1n) is 6.12. The Morgan fingerprint density at radius 1 is 1.29 bits per heavy atom. The van der Waals surface area contributed by atoms with Gasteiger partial charge >= 0.3 is 0 Å². The van der Waals surface area contributed by atoms with Gasteiger partial charge in [-0.3, -0.25) is 9.78 Å². The second kappa shape index (κ2) is 6.85. The molecule has 0 aromatic carbocycles. The molecule has 0 aliphatic rings. The predicted octanol–water partition coefficient (Wildman–Crippen LogP) is 3.97. The highest BCUT2D eigenvalue weighted by Crippen LogP contribution is 2.24. The Hall–Kier alpha value is -2.40. The van der Waals surface area contributed by atoms with Crippen LogP contribution >= 0.6 is 11.3 Å². The smallest absolute Gasteiger partial charge is 0.253 e. The highest BCUT2D eigenvalue weighted by molar-refractivity contribution is 7.13. The molecule has 0 aliphatic carbocycles. The number of aromatic nitrogens is 1. The number of nitrogens with one attached hydrogen (secondary N) is 1. The normalized spacial score (nSPS) is 9.90. The summed E-state index contributed by atoms with van der Waals surface area (Å²) in [5.74, 6) is 0.563. The fraction of sp³-hybridized carbons (Fsp3) is 0.125. The van der Waals surface area contributed by atoms with Gasteiger partial charge in [0.05, 0.1) is 18.4 Å². The lowest BCUT2D eigenvalue weighted by molar-refractivity contribution is 0.0947. The fourth-order valence-corrected chi connectivity index (χ4v) is 2.53. The van der Waals surface area contributed by atoms with Crippen molar-refractivity contribution in [2.24, 2.45) is 0 Å². The van der Waals surface area contributed by atoms with Crippen molar-refractivity contribution < 1.29 is 9.21 Å². The Morgan fingerprint density at radius 3 is 2.90 bits per heavy atom. The number of carbonyl (C=O) groups excluding carboxylic acids is 1. The van der Waals surface area contributed by atoms with Gasteiger partial charge in [0.25, 0.3) is 5.91 Å². The molecule has 0 saturated heterocycles. The molecule has 0 fully saturated rings. The van der Waals surface area contributed by atoms with E-state index in [1.807, 2.05) is 29.6 Å². The minimum absolute atomic E-state index is 0. The lowest BCUT2D eigenvalue weighted by atomic mass is 10.1. The van der Waals surface area contributed by atoms with E-state index in [4.69, 9.17) is 4.42 Å². The van der Waals surface area contributed by atoms with Gasteiger partial charge in [-0.2, -0.15) is 0 Å². The molecule has 0 spiro atoms. The predicted molar refractivity (Wildman–Crippen MR) is 84.2 cm³/mol. The van der Waals surface area contributed by atoms with Crippen LogP contribution in [-0.4, -0.2) is 10.9 Å². The van der Waals surface area contributed by atoms with Gasteiger partial charge in [0.1, 0.15) is 5.76 Å². The molecular formula is C16H16N2O2S. The maximum absolute atomic E-state index is 12.1. The van der Waals surface area contributed by atoms with Gasteiger partial charge in [0.15, 0.2) is 0 Å². The number of carbonyl (C=O) groups is 1. The van der Waals surface area contributed by atoms with Crippen LogP contribution in [0.2, 0.25) is 0 Å². The molecule has 1 N–H and O–H groups in total. The van der Waals surface area contributed by atoms with Crippen LogP contribution < -0.4 is 5.32 Å². The monoisotopic (exact) mass is 300 g/mol. The molecule has 3 aromatic rings. The lowest BCUT2D eigenvalue weighted by Crippen LogP contribution is -2.22. The van der Waals surface area contributed by atoms with E-state index < -0.39 is 0 Å². The molecule has 3 rings (SSSR count). The molecule has 0 bridgehead atoms. The maximum Gasteiger partial charge on any atom is 0.253 e. The van der Waals surface area contributed by atoms with Crippen LogP contribution in [0.5, 0.6) is 0 Å². The summed E-state index contributed by atoms with van der Waals surface area (Å²) in [6.07, 6.45) is 4.91. The van der Waals surface area contributed by atoms with Crippen LogP contribution in [0.3, 0.4) is 0 Å². The summed E-state index contributed by atoms with van der Waals surface area (Å²) >= 11 is 1.62. The Kier molecular flexibility index (Phi) is 4.90. The molecule has 5 heteroatoms. The molecular weight excluding hydrogens is 284 g/mol. The quantitative estimate of drug-likeness (QED) is 0.793. The molecule has 3 heterocycles. The minimum Gasteiger partial charge on any atom is -0.467 e. The van der Waals surface area contributed by atoms with E-state index in [0.717, 1.165) is 16.2 Å². The largest absolute Gasteiger partial charge is 0.467 e. The Balaban J connectivity index is 0.00000161. The third kappa shape index (κ3) is 3.58. The number of thiophene rings is 1. The van der Waals surface area contributed by atoms with Crippen molar-refractivity contribution in [1.82, 2.24) is 10.3 Å². The van der Waals surface area contributed by atoms with Crippen molar-refractivity contribution in [1.29, 1.82) is 0 Å². The van der Waals surface area contributed by atoms with Gasteiger partial charge in [-0.25, -0.2) is 0 Å². The van der Waals surface area contributed by atoms with E-state index in [0.29, 0.717) is 12.1 Å². The summed E-state index contributed by atoms with van der Waals surface area (Å²) < 4.78 is 5.17. The summed E-state index contributed by atoms with van der Waals surface area (Å²) in [4.78, 5) is 17.3. The second-order valence-corrected chi connectivity index (χ2v) is 5.15. The zero-order chi connectivity index (χ0) is 13.8. The Labute approximate surface area is 127 Å². The molecule has 0 aliphatic heterocycles. The highest BCUT2D eigenvalue weighted by atomic mass is 32.1. The van der Waals surface area contributed by atoms with Crippen molar-refractivity contribution in [2.45, 2.75) is 14.0 Å². The fourth-order valence-electron chi connectivity index (χ4n) is 1.82. The highest BCUT2D eigenvalue weighted by Gasteiger charge is 2.08. The van der Waals surface area contributed by atoms with Gasteiger partial charge in [0, 0.05) is 22.8 Å². The molecule has 0 unspecified atom stereocenters. The van der Waals surface area contributed by atoms with Crippen molar-refractivity contribution in [3.8, 4) is 10.4 Å². The summed E-state index contributed by atoms with van der Waals surface area (Å²) in [6, 6.07) is 9.44. The second-order valence-electron chi connectivity index (χ2n) is 4.20. The van der Waals surface area contributed by atoms with E-state index in [-0.39, 0.29) is 13.3 Å². The van der Waals surface area contributed by atoms with Crippen LogP contribution in [0, 0.1) is 0 Å². The van der Waals surface area contributed by atoms with Gasteiger partial charge in [-0.15, -0.1) is 11.3 Å². The molecule has 1 amide bonds. The van der Waals surface area contributed by atoms with Crippen molar-refractivity contribution in [2.75, 3.05) is 0 Å². The lowest BCUT2D eigenvalue weighted by Gasteiger charge is -2.04. The first kappa shape index (κ1) is 15.0. The van der Waals surface area contributed by atoms with E-state index in [2.05, 4.69) is 10.3 Å². The van der Waals surface area contributed by atoms with Crippen molar-refractivity contribution in [3.05, 3.63) is 65.7 Å². The number of pyridine rings is 1. The molecule has 21 heavy (non-hydrogen) atoms. The maximum atomic E-state index is 12.1. The van der Waals surface area contributed by atoms with Gasteiger partial charge < -0.3 is 9.73 Å². The summed E-state index contributed by atoms with van der Waals surface area (Å²) in [7, 11) is 0. The third-order valence-corrected chi connectivity index (χ3v) is 3.73. The van der Waals surface area contributed by atoms with E-state index >= 15 is 0 Å². The van der Waals surface area contributed by atoms with Crippen LogP contribution in [0.1, 0.15) is 23.5 Å². The van der Waals surface area contributed by atoms with Gasteiger partial charge in [0.2, 0.25) is 0 Å². The van der Waals surface area contributed by atoms with Crippen molar-refractivity contribution in [3.63, 3.8) is 0 Å². The van der Waals surface area contributed by atoms with E-state index in [9.17, 15) is 4.79 Å². The van der Waals surface area contributed by atoms with Crippen LogP contribution in [-0.2, 0) is 6.54 Å². The molecule has 4 nitrogen and oxygen atoms in total. The molecule has 0 atom stereocenters. The van der Waals surface area contributed by atoms with E-state index in [1.165, 1.54) is 0 Å². The topological polar surface area (TPSA) is 55.1 Å². The molecule has 3 aromatic heterocycles. The number of nitrogens with zero attached hydrogens (tertiary/aromatic N) is 1. The van der Waals surface area contributed by atoms with Gasteiger partial charge in [-0.1, -0.05) is 13.5 Å². The third-order valence-electron chi connectivity index (χ3n) is 2.81. The average Bonchev–Trinajstić information content (AvgIpc) is 3.18. The number of rotatable bonds is 4. The Bertz CT molecular complexity index is 691. The SMILES string of the molecule is C.O=C(NCc1ccco1)c1cncc(-c2cccs2)c1. The molecule has 0 saturated carbocycles. The van der Waals surface area contributed by atoms with Crippen LogP contribution in [0.15, 0.2) is 58.8 Å². The first-order chi connectivity index (χ1) is 9.83.